The van der Waals surface area contributed by atoms with Gasteiger partial charge in [-0.15, -0.1) is 24.0 Å². The molecule has 0 heterocycles. The van der Waals surface area contributed by atoms with E-state index in [2.05, 4.69) is 41.8 Å². The van der Waals surface area contributed by atoms with E-state index < -0.39 is 0 Å². The predicted octanol–water partition coefficient (Wildman–Crippen LogP) is 4.44. The molecule has 0 aliphatic heterocycles. The van der Waals surface area contributed by atoms with E-state index in [0.29, 0.717) is 12.6 Å². The van der Waals surface area contributed by atoms with E-state index in [-0.39, 0.29) is 28.7 Å². The second kappa shape index (κ2) is 11.9. The lowest BCUT2D eigenvalue weighted by atomic mass is 10.2. The second-order valence-corrected chi connectivity index (χ2v) is 8.77. The molecule has 0 radical (unpaired) electrons. The van der Waals surface area contributed by atoms with Crippen molar-refractivity contribution in [2.45, 2.75) is 56.9 Å². The maximum absolute atomic E-state index is 6.10. The molecule has 154 valence electrons. The van der Waals surface area contributed by atoms with Crippen LogP contribution in [0.15, 0.2) is 23.2 Å². The Bertz CT molecular complexity index is 605. The molecule has 0 spiro atoms. The summed E-state index contributed by atoms with van der Waals surface area (Å²) in [6.45, 7) is 5.96. The summed E-state index contributed by atoms with van der Waals surface area (Å²) in [6, 6.07) is 6.14. The number of benzene rings is 1. The third-order valence-corrected chi connectivity index (χ3v) is 5.99. The molecule has 1 aliphatic carbocycles. The number of nitrogens with one attached hydrogen (secondary N) is 2. The molecule has 0 saturated heterocycles. The van der Waals surface area contributed by atoms with Crippen molar-refractivity contribution < 1.29 is 9.47 Å². The van der Waals surface area contributed by atoms with Gasteiger partial charge in [-0.25, -0.2) is 0 Å². The van der Waals surface area contributed by atoms with Gasteiger partial charge in [0, 0.05) is 24.9 Å². The number of halogens is 1. The van der Waals surface area contributed by atoms with Crippen LogP contribution < -0.4 is 20.1 Å². The highest BCUT2D eigenvalue weighted by Crippen LogP contribution is 2.32. The maximum atomic E-state index is 6.10. The molecule has 1 saturated carbocycles. The van der Waals surface area contributed by atoms with Crippen LogP contribution in [-0.2, 0) is 6.54 Å². The molecule has 0 bridgehead atoms. The van der Waals surface area contributed by atoms with E-state index in [4.69, 9.17) is 9.47 Å². The Balaban J connectivity index is 0.00000364. The van der Waals surface area contributed by atoms with Gasteiger partial charge in [-0.05, 0) is 63.5 Å². The van der Waals surface area contributed by atoms with Crippen LogP contribution in [0.4, 0.5) is 0 Å². The third kappa shape index (κ3) is 7.97. The van der Waals surface area contributed by atoms with Gasteiger partial charge in [0.1, 0.15) is 0 Å². The Labute approximate surface area is 185 Å². The van der Waals surface area contributed by atoms with Crippen LogP contribution in [0.25, 0.3) is 0 Å². The highest BCUT2D eigenvalue weighted by atomic mass is 127. The van der Waals surface area contributed by atoms with Crippen LogP contribution >= 0.6 is 35.7 Å². The molecule has 0 amide bonds. The van der Waals surface area contributed by atoms with Crippen LogP contribution in [0.2, 0.25) is 0 Å². The number of hydrogen-bond donors (Lipinski definition) is 2. The molecule has 5 nitrogen and oxygen atoms in total. The number of ether oxygens (including phenoxy) is 2. The van der Waals surface area contributed by atoms with E-state index in [1.807, 2.05) is 23.9 Å². The maximum Gasteiger partial charge on any atom is 0.191 e. The number of rotatable bonds is 8. The first-order chi connectivity index (χ1) is 12.5. The van der Waals surface area contributed by atoms with Gasteiger partial charge in [-0.2, -0.15) is 11.8 Å². The summed E-state index contributed by atoms with van der Waals surface area (Å²) in [4.78, 5) is 4.30. The van der Waals surface area contributed by atoms with Crippen molar-refractivity contribution in [1.29, 1.82) is 0 Å². The topological polar surface area (TPSA) is 54.9 Å². The summed E-state index contributed by atoms with van der Waals surface area (Å²) in [7, 11) is 3.49. The van der Waals surface area contributed by atoms with Gasteiger partial charge in [-0.1, -0.05) is 6.07 Å². The minimum absolute atomic E-state index is 0. The van der Waals surface area contributed by atoms with Gasteiger partial charge in [0.25, 0.3) is 0 Å². The number of nitrogens with zero attached hydrogens (tertiary/aromatic N) is 1. The fraction of sp³-hybridized carbons (Fsp3) is 0.650. The number of guanidine groups is 1. The van der Waals surface area contributed by atoms with Crippen molar-refractivity contribution in [3.05, 3.63) is 23.8 Å². The SMILES string of the molecule is CN=C(NCc1ccc(OC2CCCC2)c(OC)c1)NCC(C)(C)SC.I. The highest BCUT2D eigenvalue weighted by molar-refractivity contribution is 14.0. The van der Waals surface area contributed by atoms with Gasteiger partial charge in [0.2, 0.25) is 0 Å². The Hall–Kier alpha value is -0.830. The molecule has 0 atom stereocenters. The van der Waals surface area contributed by atoms with Crippen LogP contribution in [0.5, 0.6) is 11.5 Å². The zero-order valence-corrected chi connectivity index (χ0v) is 20.3. The molecule has 7 heteroatoms. The lowest BCUT2D eigenvalue weighted by Gasteiger charge is -2.23. The van der Waals surface area contributed by atoms with Crippen molar-refractivity contribution in [2.24, 2.45) is 4.99 Å². The van der Waals surface area contributed by atoms with Crippen molar-refractivity contribution in [3.63, 3.8) is 0 Å². The number of aliphatic imine (C=N–C) groups is 1. The van der Waals surface area contributed by atoms with Gasteiger partial charge in [-0.3, -0.25) is 4.99 Å². The lowest BCUT2D eigenvalue weighted by molar-refractivity contribution is 0.200. The Morgan fingerprint density at radius 1 is 1.22 bits per heavy atom. The molecular formula is C20H34IN3O2S. The minimum atomic E-state index is 0. The molecule has 0 unspecified atom stereocenters. The summed E-state index contributed by atoms with van der Waals surface area (Å²) in [5.41, 5.74) is 1.13. The lowest BCUT2D eigenvalue weighted by Crippen LogP contribution is -2.42. The van der Waals surface area contributed by atoms with Gasteiger partial charge < -0.3 is 20.1 Å². The normalized spacial score (nSPS) is 15.2. The number of thioether (sulfide) groups is 1. The predicted molar refractivity (Wildman–Crippen MR) is 127 cm³/mol. The first-order valence-electron chi connectivity index (χ1n) is 9.30. The molecular weight excluding hydrogens is 473 g/mol. The fourth-order valence-corrected chi connectivity index (χ4v) is 3.10. The summed E-state index contributed by atoms with van der Waals surface area (Å²) in [5, 5.41) is 6.74. The molecule has 27 heavy (non-hydrogen) atoms. The van der Waals surface area contributed by atoms with Crippen molar-refractivity contribution in [3.8, 4) is 11.5 Å². The van der Waals surface area contributed by atoms with E-state index in [1.54, 1.807) is 14.2 Å². The van der Waals surface area contributed by atoms with E-state index in [0.717, 1.165) is 42.4 Å². The van der Waals surface area contributed by atoms with E-state index >= 15 is 0 Å². The zero-order valence-electron chi connectivity index (χ0n) is 17.1. The number of methoxy groups -OCH3 is 1. The summed E-state index contributed by atoms with van der Waals surface area (Å²) in [6.07, 6.45) is 7.25. The van der Waals surface area contributed by atoms with Crippen LogP contribution in [0.1, 0.15) is 45.1 Å². The average Bonchev–Trinajstić information content (AvgIpc) is 3.16. The second-order valence-electron chi connectivity index (χ2n) is 7.25. The summed E-state index contributed by atoms with van der Waals surface area (Å²) >= 11 is 1.84. The van der Waals surface area contributed by atoms with E-state index in [9.17, 15) is 0 Å². The van der Waals surface area contributed by atoms with Gasteiger partial charge >= 0.3 is 0 Å². The zero-order chi connectivity index (χ0) is 19.0. The Morgan fingerprint density at radius 3 is 2.52 bits per heavy atom. The van der Waals surface area contributed by atoms with Crippen molar-refractivity contribution in [1.82, 2.24) is 10.6 Å². The number of hydrogen-bond acceptors (Lipinski definition) is 4. The van der Waals surface area contributed by atoms with Crippen molar-refractivity contribution in [2.75, 3.05) is 27.0 Å². The smallest absolute Gasteiger partial charge is 0.191 e. The van der Waals surface area contributed by atoms with Crippen molar-refractivity contribution >= 4 is 41.7 Å². The molecule has 1 aromatic carbocycles. The minimum Gasteiger partial charge on any atom is -0.493 e. The molecule has 1 aromatic rings. The van der Waals surface area contributed by atoms with Gasteiger partial charge in [0.15, 0.2) is 17.5 Å². The molecule has 1 aliphatic rings. The molecule has 0 aromatic heterocycles. The Kier molecular flexibility index (Phi) is 10.7. The highest BCUT2D eigenvalue weighted by Gasteiger charge is 2.19. The molecule has 2 N–H and O–H groups in total. The molecule has 2 rings (SSSR count). The van der Waals surface area contributed by atoms with Crippen LogP contribution in [0, 0.1) is 0 Å². The monoisotopic (exact) mass is 507 g/mol. The van der Waals surface area contributed by atoms with Gasteiger partial charge in [0.05, 0.1) is 13.2 Å². The largest absolute Gasteiger partial charge is 0.493 e. The van der Waals surface area contributed by atoms with Crippen LogP contribution in [0.3, 0.4) is 0 Å². The quantitative estimate of drug-likeness (QED) is 0.310. The van der Waals surface area contributed by atoms with E-state index in [1.165, 1.54) is 12.8 Å². The van der Waals surface area contributed by atoms with Crippen LogP contribution in [-0.4, -0.2) is 43.8 Å². The fourth-order valence-electron chi connectivity index (χ4n) is 2.88. The first-order valence-corrected chi connectivity index (χ1v) is 10.5. The summed E-state index contributed by atoms with van der Waals surface area (Å²) in [5.74, 6) is 2.44. The molecule has 1 fully saturated rings. The standard InChI is InChI=1S/C20H33N3O2S.HI/c1-20(2,26-5)14-23-19(21-3)22-13-15-10-11-17(18(12-15)24-4)25-16-8-6-7-9-16;/h10-12,16H,6-9,13-14H2,1-5H3,(H2,21,22,23);1H. The Morgan fingerprint density at radius 2 is 1.93 bits per heavy atom. The first kappa shape index (κ1) is 24.2. The summed E-state index contributed by atoms with van der Waals surface area (Å²) < 4.78 is 11.8. The third-order valence-electron chi connectivity index (χ3n) is 4.74. The average molecular weight is 507 g/mol.